The first-order chi connectivity index (χ1) is 14.4. The fraction of sp³-hybridized carbons (Fsp3) is 0.348. The Labute approximate surface area is 180 Å². The monoisotopic (exact) mass is 427 g/mol. The van der Waals surface area contributed by atoms with Crippen molar-refractivity contribution in [3.63, 3.8) is 0 Å². The molecule has 1 saturated carbocycles. The number of hydrogen-bond donors (Lipinski definition) is 0. The van der Waals surface area contributed by atoms with Gasteiger partial charge in [0.05, 0.1) is 11.8 Å². The third-order valence-corrected chi connectivity index (χ3v) is 6.14. The molecule has 2 aromatic rings. The van der Waals surface area contributed by atoms with Gasteiger partial charge in [-0.25, -0.2) is 9.40 Å². The van der Waals surface area contributed by atoms with E-state index in [1.165, 1.54) is 22.0 Å². The first-order valence-electron chi connectivity index (χ1n) is 10.1. The average molecular weight is 428 g/mol. The molecule has 0 saturated heterocycles. The summed E-state index contributed by atoms with van der Waals surface area (Å²) < 4.78 is 13.4. The van der Waals surface area contributed by atoms with Crippen LogP contribution in [-0.2, 0) is 9.59 Å². The van der Waals surface area contributed by atoms with Gasteiger partial charge in [0.15, 0.2) is 0 Å². The lowest BCUT2D eigenvalue weighted by Gasteiger charge is -2.30. The summed E-state index contributed by atoms with van der Waals surface area (Å²) in [6.45, 7) is -0.0493. The largest absolute Gasteiger partial charge is 0.336 e. The number of amides is 2. The Morgan fingerprint density at radius 2 is 1.87 bits per heavy atom. The van der Waals surface area contributed by atoms with E-state index >= 15 is 0 Å². The molecule has 2 amide bonds. The van der Waals surface area contributed by atoms with Crippen molar-refractivity contribution < 1.29 is 14.0 Å². The lowest BCUT2D eigenvalue weighted by molar-refractivity contribution is -0.144. The van der Waals surface area contributed by atoms with E-state index in [2.05, 4.69) is 5.10 Å². The fourth-order valence-corrected chi connectivity index (χ4v) is 4.11. The van der Waals surface area contributed by atoms with Gasteiger partial charge in [-0.2, -0.15) is 5.10 Å². The van der Waals surface area contributed by atoms with Crippen LogP contribution in [0.2, 0.25) is 5.02 Å². The van der Waals surface area contributed by atoms with E-state index in [-0.39, 0.29) is 36.1 Å². The van der Waals surface area contributed by atoms with Crippen LogP contribution >= 0.6 is 11.6 Å². The lowest BCUT2D eigenvalue weighted by atomic mass is 9.84. The molecule has 0 aromatic heterocycles. The number of carbonyl (C=O) groups is 2. The maximum atomic E-state index is 13.4. The zero-order valence-electron chi connectivity index (χ0n) is 16.7. The Kier molecular flexibility index (Phi) is 5.86. The van der Waals surface area contributed by atoms with Gasteiger partial charge < -0.3 is 4.90 Å². The van der Waals surface area contributed by atoms with Gasteiger partial charge in [-0.1, -0.05) is 48.4 Å². The highest BCUT2D eigenvalue weighted by Crippen LogP contribution is 2.35. The minimum absolute atomic E-state index is 0.00226. The summed E-state index contributed by atoms with van der Waals surface area (Å²) in [7, 11) is 1.65. The molecule has 2 aliphatic rings. The number of likely N-dealkylation sites (N-methyl/N-ethyl adjacent to an activating group) is 1. The molecule has 2 aromatic carbocycles. The third kappa shape index (κ3) is 4.10. The van der Waals surface area contributed by atoms with Crippen molar-refractivity contribution in [1.29, 1.82) is 0 Å². The maximum absolute atomic E-state index is 13.4. The zero-order chi connectivity index (χ0) is 21.3. The van der Waals surface area contributed by atoms with E-state index < -0.39 is 0 Å². The molecule has 0 N–H and O–H groups in total. The molecule has 1 atom stereocenters. The number of hydrogen-bond acceptors (Lipinski definition) is 3. The Morgan fingerprint density at radius 3 is 2.50 bits per heavy atom. The third-order valence-electron chi connectivity index (χ3n) is 5.81. The van der Waals surface area contributed by atoms with Crippen molar-refractivity contribution in [1.82, 2.24) is 9.91 Å². The summed E-state index contributed by atoms with van der Waals surface area (Å²) in [5.41, 5.74) is 2.24. The maximum Gasteiger partial charge on any atom is 0.262 e. The number of nitrogens with zero attached hydrogens (tertiary/aromatic N) is 3. The number of rotatable bonds is 5. The van der Waals surface area contributed by atoms with Crippen LogP contribution in [0.15, 0.2) is 53.6 Å². The predicted octanol–water partition coefficient (Wildman–Crippen LogP) is 4.42. The number of halogens is 2. The summed E-state index contributed by atoms with van der Waals surface area (Å²) >= 11 is 6.34. The van der Waals surface area contributed by atoms with Crippen LogP contribution in [0.4, 0.5) is 4.39 Å². The molecule has 1 fully saturated rings. The molecule has 5 nitrogen and oxygen atoms in total. The smallest absolute Gasteiger partial charge is 0.262 e. The van der Waals surface area contributed by atoms with Crippen LogP contribution in [0, 0.1) is 11.7 Å². The normalized spacial score (nSPS) is 18.7. The summed E-state index contributed by atoms with van der Waals surface area (Å²) in [5.74, 6) is -0.590. The van der Waals surface area contributed by atoms with Crippen LogP contribution in [0.3, 0.4) is 0 Å². The van der Waals surface area contributed by atoms with Gasteiger partial charge in [0.1, 0.15) is 12.4 Å². The zero-order valence-corrected chi connectivity index (χ0v) is 17.5. The Bertz CT molecular complexity index is 988. The van der Waals surface area contributed by atoms with Gasteiger partial charge in [0, 0.05) is 30.0 Å². The Morgan fingerprint density at radius 1 is 1.17 bits per heavy atom. The summed E-state index contributed by atoms with van der Waals surface area (Å²) in [6, 6.07) is 13.0. The van der Waals surface area contributed by atoms with Crippen LogP contribution < -0.4 is 0 Å². The summed E-state index contributed by atoms with van der Waals surface area (Å²) in [4.78, 5) is 27.1. The van der Waals surface area contributed by atoms with E-state index in [9.17, 15) is 14.0 Å². The molecule has 156 valence electrons. The molecule has 7 heteroatoms. The average Bonchev–Trinajstić information content (AvgIpc) is 3.12. The predicted molar refractivity (Wildman–Crippen MR) is 114 cm³/mol. The summed E-state index contributed by atoms with van der Waals surface area (Å²) in [6.07, 6.45) is 3.28. The van der Waals surface area contributed by atoms with E-state index in [0.29, 0.717) is 17.2 Å². The van der Waals surface area contributed by atoms with E-state index in [0.717, 1.165) is 30.4 Å². The second kappa shape index (κ2) is 8.56. The molecule has 1 unspecified atom stereocenters. The second-order valence-electron chi connectivity index (χ2n) is 7.86. The Balaban J connectivity index is 1.59. The SMILES string of the molecule is CN(CC(=O)N1N=C(c2ccccc2Cl)CC1c1ccc(F)cc1)C(=O)C1CCC1. The highest BCUT2D eigenvalue weighted by Gasteiger charge is 2.35. The van der Waals surface area contributed by atoms with Crippen molar-refractivity contribution in [2.24, 2.45) is 11.0 Å². The minimum Gasteiger partial charge on any atom is -0.336 e. The van der Waals surface area contributed by atoms with Gasteiger partial charge in [0.25, 0.3) is 5.91 Å². The molecular formula is C23H23ClFN3O2. The Hall–Kier alpha value is -2.73. The van der Waals surface area contributed by atoms with Gasteiger partial charge in [0.2, 0.25) is 5.91 Å². The highest BCUT2D eigenvalue weighted by atomic mass is 35.5. The van der Waals surface area contributed by atoms with Gasteiger partial charge in [-0.3, -0.25) is 9.59 Å². The van der Waals surface area contributed by atoms with Crippen molar-refractivity contribution in [3.8, 4) is 0 Å². The summed E-state index contributed by atoms with van der Waals surface area (Å²) in [5, 5.41) is 6.54. The van der Waals surface area contributed by atoms with Gasteiger partial charge >= 0.3 is 0 Å². The second-order valence-corrected chi connectivity index (χ2v) is 8.27. The first-order valence-corrected chi connectivity index (χ1v) is 10.5. The fourth-order valence-electron chi connectivity index (χ4n) is 3.86. The molecule has 1 aliphatic carbocycles. The molecule has 0 spiro atoms. The van der Waals surface area contributed by atoms with E-state index in [4.69, 9.17) is 11.6 Å². The van der Waals surface area contributed by atoms with Crippen molar-refractivity contribution in [3.05, 3.63) is 70.5 Å². The van der Waals surface area contributed by atoms with E-state index in [1.807, 2.05) is 18.2 Å². The molecule has 0 bridgehead atoms. The topological polar surface area (TPSA) is 53.0 Å². The first kappa shape index (κ1) is 20.5. The van der Waals surface area contributed by atoms with E-state index in [1.54, 1.807) is 25.2 Å². The van der Waals surface area contributed by atoms with Gasteiger partial charge in [-0.15, -0.1) is 0 Å². The standard InChI is InChI=1S/C23H23ClFN3O2/c1-27(23(30)16-5-4-6-16)14-22(29)28-21(15-9-11-17(25)12-10-15)13-20(26-28)18-7-2-3-8-19(18)24/h2-3,7-12,16,21H,4-6,13-14H2,1H3. The van der Waals surface area contributed by atoms with Crippen LogP contribution in [0.25, 0.3) is 0 Å². The minimum atomic E-state index is -0.378. The molecule has 30 heavy (non-hydrogen) atoms. The quantitative estimate of drug-likeness (QED) is 0.709. The van der Waals surface area contributed by atoms with Crippen LogP contribution in [0.5, 0.6) is 0 Å². The number of benzene rings is 2. The number of carbonyl (C=O) groups excluding carboxylic acids is 2. The molecule has 1 heterocycles. The van der Waals surface area contributed by atoms with Crippen LogP contribution in [0.1, 0.15) is 42.9 Å². The number of hydrazone groups is 1. The highest BCUT2D eigenvalue weighted by molar-refractivity contribution is 6.34. The molecule has 1 aliphatic heterocycles. The van der Waals surface area contributed by atoms with Crippen molar-refractivity contribution >= 4 is 29.1 Å². The van der Waals surface area contributed by atoms with Crippen molar-refractivity contribution in [2.75, 3.05) is 13.6 Å². The lowest BCUT2D eigenvalue weighted by Crippen LogP contribution is -2.42. The van der Waals surface area contributed by atoms with Crippen molar-refractivity contribution in [2.45, 2.75) is 31.7 Å². The van der Waals surface area contributed by atoms with Gasteiger partial charge in [-0.05, 0) is 36.6 Å². The molecular weight excluding hydrogens is 405 g/mol. The molecule has 0 radical (unpaired) electrons. The molecule has 4 rings (SSSR count). The van der Waals surface area contributed by atoms with Crippen LogP contribution in [-0.4, -0.2) is 41.0 Å².